The van der Waals surface area contributed by atoms with Crippen LogP contribution in [0.1, 0.15) is 12.5 Å². The lowest BCUT2D eigenvalue weighted by Gasteiger charge is -2.13. The fraction of sp³-hybridized carbons (Fsp3) is 0.455. The Hall–Kier alpha value is -0.920. The minimum absolute atomic E-state index is 0.166. The first kappa shape index (κ1) is 15.1. The van der Waals surface area contributed by atoms with Crippen LogP contribution < -0.4 is 10.5 Å². The molecule has 0 amide bonds. The van der Waals surface area contributed by atoms with Crippen LogP contribution in [-0.2, 0) is 26.6 Å². The summed E-state index contributed by atoms with van der Waals surface area (Å²) in [7, 11) is -4.50. The molecule has 0 saturated carbocycles. The molecule has 18 heavy (non-hydrogen) atoms. The molecule has 1 rings (SSSR count). The molecule has 0 bridgehead atoms. The molecule has 0 radical (unpaired) electrons. The molecule has 0 saturated heterocycles. The zero-order valence-electron chi connectivity index (χ0n) is 10.4. The summed E-state index contributed by atoms with van der Waals surface area (Å²) in [6.07, 6.45) is 1.54. The van der Waals surface area contributed by atoms with Gasteiger partial charge in [0, 0.05) is 34.5 Å². The maximum absolute atomic E-state index is 11.9. The summed E-state index contributed by atoms with van der Waals surface area (Å²) in [5.41, 5.74) is 6.72. The Labute approximate surface area is 110 Å². The van der Waals surface area contributed by atoms with E-state index in [0.717, 1.165) is 0 Å². The van der Waals surface area contributed by atoms with Crippen LogP contribution in [-0.4, -0.2) is 30.7 Å². The molecule has 0 fully saturated rings. The molecule has 0 heterocycles. The molecule has 0 aliphatic heterocycles. The lowest BCUT2D eigenvalue weighted by Crippen LogP contribution is -2.37. The second-order valence-corrected chi connectivity index (χ2v) is 7.45. The minimum atomic E-state index is -3.47. The van der Waals surface area contributed by atoms with E-state index in [9.17, 15) is 12.6 Å². The SMILES string of the molecule is CC(CS(C)=O)NS(=O)(=O)Cc1ccccc1N. The van der Waals surface area contributed by atoms with E-state index in [4.69, 9.17) is 5.73 Å². The van der Waals surface area contributed by atoms with E-state index in [1.165, 1.54) is 0 Å². The van der Waals surface area contributed by atoms with Gasteiger partial charge in [-0.1, -0.05) is 18.2 Å². The van der Waals surface area contributed by atoms with Crippen LogP contribution in [0, 0.1) is 0 Å². The average molecular weight is 290 g/mol. The number of hydrogen-bond donors (Lipinski definition) is 2. The van der Waals surface area contributed by atoms with Crippen LogP contribution in [0.2, 0.25) is 0 Å². The fourth-order valence-electron chi connectivity index (χ4n) is 1.60. The molecule has 5 nitrogen and oxygen atoms in total. The van der Waals surface area contributed by atoms with E-state index in [-0.39, 0.29) is 11.8 Å². The highest BCUT2D eigenvalue weighted by atomic mass is 32.2. The van der Waals surface area contributed by atoms with Crippen molar-refractivity contribution < 1.29 is 12.6 Å². The van der Waals surface area contributed by atoms with Crippen molar-refractivity contribution in [2.24, 2.45) is 0 Å². The summed E-state index contributed by atoms with van der Waals surface area (Å²) in [6.45, 7) is 1.69. The van der Waals surface area contributed by atoms with Gasteiger partial charge in [-0.25, -0.2) is 13.1 Å². The Kier molecular flexibility index (Phi) is 5.30. The predicted molar refractivity (Wildman–Crippen MR) is 75.0 cm³/mol. The minimum Gasteiger partial charge on any atom is -0.398 e. The number of sulfonamides is 1. The van der Waals surface area contributed by atoms with Crippen LogP contribution in [0.15, 0.2) is 24.3 Å². The molecule has 2 atom stereocenters. The number of anilines is 1. The number of nitrogens with two attached hydrogens (primary N) is 1. The summed E-state index contributed by atoms with van der Waals surface area (Å²) >= 11 is 0. The van der Waals surface area contributed by atoms with E-state index < -0.39 is 20.8 Å². The summed E-state index contributed by atoms with van der Waals surface area (Å²) in [5, 5.41) is 0. The van der Waals surface area contributed by atoms with E-state index >= 15 is 0 Å². The predicted octanol–water partition coefficient (Wildman–Crippen LogP) is 0.455. The van der Waals surface area contributed by atoms with Crippen molar-refractivity contribution in [3.05, 3.63) is 29.8 Å². The number of nitrogen functional groups attached to an aromatic ring is 1. The van der Waals surface area contributed by atoms with Gasteiger partial charge in [-0.3, -0.25) is 4.21 Å². The summed E-state index contributed by atoms with van der Waals surface area (Å²) < 4.78 is 37.3. The highest BCUT2D eigenvalue weighted by Crippen LogP contribution is 2.13. The van der Waals surface area contributed by atoms with Gasteiger partial charge < -0.3 is 5.73 Å². The van der Waals surface area contributed by atoms with Gasteiger partial charge in [0.15, 0.2) is 0 Å². The van der Waals surface area contributed by atoms with Crippen molar-refractivity contribution >= 4 is 26.5 Å². The third kappa shape index (κ3) is 5.16. The highest BCUT2D eigenvalue weighted by molar-refractivity contribution is 7.88. The molecule has 0 spiro atoms. The highest BCUT2D eigenvalue weighted by Gasteiger charge is 2.17. The van der Waals surface area contributed by atoms with E-state index in [1.54, 1.807) is 37.4 Å². The molecule has 0 aliphatic rings. The summed E-state index contributed by atoms with van der Waals surface area (Å²) in [4.78, 5) is 0. The number of para-hydroxylation sites is 1. The topological polar surface area (TPSA) is 89.3 Å². The van der Waals surface area contributed by atoms with Crippen molar-refractivity contribution in [1.29, 1.82) is 0 Å². The quantitative estimate of drug-likeness (QED) is 0.745. The molecule has 7 heteroatoms. The van der Waals surface area contributed by atoms with Gasteiger partial charge in [0.1, 0.15) is 0 Å². The van der Waals surface area contributed by atoms with Crippen molar-refractivity contribution in [3.63, 3.8) is 0 Å². The standard InChI is InChI=1S/C11H18N2O3S2/c1-9(7-17(2)14)13-18(15,16)8-10-5-3-4-6-11(10)12/h3-6,9,13H,7-8,12H2,1-2H3. The number of nitrogens with one attached hydrogen (secondary N) is 1. The maximum atomic E-state index is 11.9. The molecule has 0 aromatic heterocycles. The second kappa shape index (κ2) is 6.31. The molecule has 102 valence electrons. The maximum Gasteiger partial charge on any atom is 0.216 e. The Morgan fingerprint density at radius 2 is 2.00 bits per heavy atom. The number of rotatable bonds is 6. The van der Waals surface area contributed by atoms with Gasteiger partial charge in [0.2, 0.25) is 10.0 Å². The van der Waals surface area contributed by atoms with Gasteiger partial charge in [-0.15, -0.1) is 0 Å². The lowest BCUT2D eigenvalue weighted by molar-refractivity contribution is 0.569. The molecule has 1 aromatic carbocycles. The van der Waals surface area contributed by atoms with E-state index in [0.29, 0.717) is 17.0 Å². The van der Waals surface area contributed by atoms with E-state index in [1.807, 2.05) is 0 Å². The smallest absolute Gasteiger partial charge is 0.216 e. The van der Waals surface area contributed by atoms with Crippen LogP contribution in [0.25, 0.3) is 0 Å². The molecular weight excluding hydrogens is 272 g/mol. The first-order valence-electron chi connectivity index (χ1n) is 5.43. The van der Waals surface area contributed by atoms with Gasteiger partial charge in [-0.2, -0.15) is 0 Å². The Morgan fingerprint density at radius 1 is 1.39 bits per heavy atom. The van der Waals surface area contributed by atoms with Gasteiger partial charge >= 0.3 is 0 Å². The summed E-state index contributed by atoms with van der Waals surface area (Å²) in [6, 6.07) is 6.48. The zero-order chi connectivity index (χ0) is 13.8. The van der Waals surface area contributed by atoms with Crippen LogP contribution >= 0.6 is 0 Å². The van der Waals surface area contributed by atoms with Crippen LogP contribution in [0.4, 0.5) is 5.69 Å². The Balaban J connectivity index is 2.71. The van der Waals surface area contributed by atoms with Crippen LogP contribution in [0.5, 0.6) is 0 Å². The molecule has 3 N–H and O–H groups in total. The van der Waals surface area contributed by atoms with Crippen molar-refractivity contribution in [3.8, 4) is 0 Å². The second-order valence-electron chi connectivity index (χ2n) is 4.22. The lowest BCUT2D eigenvalue weighted by atomic mass is 10.2. The van der Waals surface area contributed by atoms with Gasteiger partial charge in [0.05, 0.1) is 5.75 Å². The third-order valence-electron chi connectivity index (χ3n) is 2.27. The number of benzene rings is 1. The first-order valence-corrected chi connectivity index (χ1v) is 8.81. The first-order chi connectivity index (χ1) is 8.30. The molecule has 1 aromatic rings. The Bertz CT molecular complexity index is 529. The third-order valence-corrected chi connectivity index (χ3v) is 4.69. The van der Waals surface area contributed by atoms with Gasteiger partial charge in [-0.05, 0) is 18.6 Å². The normalized spacial score (nSPS) is 15.2. The van der Waals surface area contributed by atoms with Gasteiger partial charge in [0.25, 0.3) is 0 Å². The Morgan fingerprint density at radius 3 is 2.56 bits per heavy atom. The molecule has 0 aliphatic carbocycles. The van der Waals surface area contributed by atoms with Crippen molar-refractivity contribution in [2.75, 3.05) is 17.7 Å². The van der Waals surface area contributed by atoms with Crippen molar-refractivity contribution in [2.45, 2.75) is 18.7 Å². The zero-order valence-corrected chi connectivity index (χ0v) is 12.1. The molecule has 2 unspecified atom stereocenters. The monoisotopic (exact) mass is 290 g/mol. The van der Waals surface area contributed by atoms with E-state index in [2.05, 4.69) is 4.72 Å². The summed E-state index contributed by atoms with van der Waals surface area (Å²) in [5.74, 6) is 0.129. The average Bonchev–Trinajstić information content (AvgIpc) is 2.18. The van der Waals surface area contributed by atoms with Crippen molar-refractivity contribution in [1.82, 2.24) is 4.72 Å². The number of hydrogen-bond acceptors (Lipinski definition) is 4. The fourth-order valence-corrected chi connectivity index (χ4v) is 3.95. The largest absolute Gasteiger partial charge is 0.398 e. The van der Waals surface area contributed by atoms with Crippen LogP contribution in [0.3, 0.4) is 0 Å². The molecular formula is C11H18N2O3S2.